The molecule has 2 atom stereocenters. The monoisotopic (exact) mass is 317 g/mol. The predicted octanol–water partition coefficient (Wildman–Crippen LogP) is 2.12. The molecule has 0 spiro atoms. The number of ether oxygens (including phenoxy) is 1. The number of pyridine rings is 1. The van der Waals surface area contributed by atoms with E-state index in [0.29, 0.717) is 19.0 Å². The number of hydrogen-bond acceptors (Lipinski definition) is 4. The highest BCUT2D eigenvalue weighted by Gasteiger charge is 2.28. The lowest BCUT2D eigenvalue weighted by molar-refractivity contribution is -0.136. The Morgan fingerprint density at radius 1 is 1.26 bits per heavy atom. The maximum Gasteiger partial charge on any atom is 0.225 e. The minimum Gasteiger partial charge on any atom is -0.378 e. The summed E-state index contributed by atoms with van der Waals surface area (Å²) in [5, 5.41) is 3.43. The molecule has 1 aromatic rings. The Morgan fingerprint density at radius 3 is 3.00 bits per heavy atom. The summed E-state index contributed by atoms with van der Waals surface area (Å²) in [6.45, 7) is 3.44. The highest BCUT2D eigenvalue weighted by atomic mass is 16.5. The van der Waals surface area contributed by atoms with E-state index in [2.05, 4.69) is 15.2 Å². The van der Waals surface area contributed by atoms with Gasteiger partial charge in [0, 0.05) is 18.8 Å². The first-order valence-electron chi connectivity index (χ1n) is 8.84. The predicted molar refractivity (Wildman–Crippen MR) is 88.9 cm³/mol. The lowest BCUT2D eigenvalue weighted by atomic mass is 10.0. The zero-order valence-corrected chi connectivity index (χ0v) is 13.7. The minimum absolute atomic E-state index is 0.109. The molecule has 2 unspecified atom stereocenters. The Kier molecular flexibility index (Phi) is 6.00. The van der Waals surface area contributed by atoms with Crippen molar-refractivity contribution in [1.82, 2.24) is 15.2 Å². The molecule has 2 fully saturated rings. The number of carbonyl (C=O) groups is 1. The average Bonchev–Trinajstić information content (AvgIpc) is 2.93. The van der Waals surface area contributed by atoms with E-state index < -0.39 is 0 Å². The molecule has 0 saturated carbocycles. The number of nitrogens with one attached hydrogen (secondary N) is 1. The minimum atomic E-state index is 0.109. The van der Waals surface area contributed by atoms with Gasteiger partial charge in [-0.05, 0) is 57.3 Å². The van der Waals surface area contributed by atoms with Crippen molar-refractivity contribution >= 4 is 5.91 Å². The smallest absolute Gasteiger partial charge is 0.225 e. The van der Waals surface area contributed by atoms with Gasteiger partial charge in [-0.2, -0.15) is 0 Å². The second kappa shape index (κ2) is 8.41. The van der Waals surface area contributed by atoms with E-state index in [-0.39, 0.29) is 12.0 Å². The number of carbonyl (C=O) groups excluding carboxylic acids is 1. The average molecular weight is 317 g/mol. The molecule has 3 rings (SSSR count). The van der Waals surface area contributed by atoms with Crippen molar-refractivity contribution < 1.29 is 9.53 Å². The molecule has 126 valence electrons. The molecule has 0 aliphatic carbocycles. The summed E-state index contributed by atoms with van der Waals surface area (Å²) in [5.74, 6) is 0.217. The fraction of sp³-hybridized carbons (Fsp3) is 0.667. The summed E-state index contributed by atoms with van der Waals surface area (Å²) in [7, 11) is 0. The third-order valence-corrected chi connectivity index (χ3v) is 4.79. The van der Waals surface area contributed by atoms with Crippen molar-refractivity contribution in [1.29, 1.82) is 0 Å². The number of aromatic nitrogens is 1. The SMILES string of the molecule is O=C(CC1CCCO1)N(Cc1ccccn1)C1CCCNCC1. The fourth-order valence-electron chi connectivity index (χ4n) is 3.52. The Labute approximate surface area is 138 Å². The van der Waals surface area contributed by atoms with Crippen LogP contribution in [-0.4, -0.2) is 47.6 Å². The van der Waals surface area contributed by atoms with Crippen molar-refractivity contribution in [3.8, 4) is 0 Å². The molecule has 0 radical (unpaired) electrons. The molecule has 1 amide bonds. The highest BCUT2D eigenvalue weighted by Crippen LogP contribution is 2.21. The second-order valence-corrected chi connectivity index (χ2v) is 6.52. The van der Waals surface area contributed by atoms with Crippen molar-refractivity contribution in [2.75, 3.05) is 19.7 Å². The Hall–Kier alpha value is -1.46. The van der Waals surface area contributed by atoms with Crippen LogP contribution in [0.3, 0.4) is 0 Å². The normalized spacial score (nSPS) is 25.0. The Balaban J connectivity index is 1.69. The van der Waals surface area contributed by atoms with Gasteiger partial charge >= 0.3 is 0 Å². The van der Waals surface area contributed by atoms with Gasteiger partial charge in [0.2, 0.25) is 5.91 Å². The van der Waals surface area contributed by atoms with Crippen molar-refractivity contribution in [2.45, 2.75) is 57.2 Å². The summed E-state index contributed by atoms with van der Waals surface area (Å²) < 4.78 is 5.66. The van der Waals surface area contributed by atoms with E-state index in [1.165, 1.54) is 0 Å². The van der Waals surface area contributed by atoms with Gasteiger partial charge in [-0.25, -0.2) is 0 Å². The van der Waals surface area contributed by atoms with Gasteiger partial charge in [-0.3, -0.25) is 9.78 Å². The van der Waals surface area contributed by atoms with Crippen LogP contribution in [0.1, 0.15) is 44.2 Å². The number of rotatable bonds is 5. The first kappa shape index (κ1) is 16.4. The van der Waals surface area contributed by atoms with E-state index in [9.17, 15) is 4.79 Å². The van der Waals surface area contributed by atoms with Gasteiger partial charge in [0.25, 0.3) is 0 Å². The first-order chi connectivity index (χ1) is 11.3. The van der Waals surface area contributed by atoms with E-state index in [1.54, 1.807) is 6.20 Å². The lowest BCUT2D eigenvalue weighted by Gasteiger charge is -2.31. The van der Waals surface area contributed by atoms with Gasteiger partial charge in [0.05, 0.1) is 24.8 Å². The van der Waals surface area contributed by atoms with E-state index in [1.807, 2.05) is 18.2 Å². The number of nitrogens with zero attached hydrogens (tertiary/aromatic N) is 2. The van der Waals surface area contributed by atoms with Crippen LogP contribution in [0.25, 0.3) is 0 Å². The van der Waals surface area contributed by atoms with Gasteiger partial charge in [0.1, 0.15) is 0 Å². The van der Waals surface area contributed by atoms with E-state index >= 15 is 0 Å². The van der Waals surface area contributed by atoms with E-state index in [4.69, 9.17) is 4.74 Å². The van der Waals surface area contributed by atoms with Crippen molar-refractivity contribution in [3.63, 3.8) is 0 Å². The Morgan fingerprint density at radius 2 is 2.22 bits per heavy atom. The molecule has 0 aromatic carbocycles. The fourth-order valence-corrected chi connectivity index (χ4v) is 3.52. The van der Waals surface area contributed by atoms with Crippen LogP contribution in [0.4, 0.5) is 0 Å². The molecule has 23 heavy (non-hydrogen) atoms. The van der Waals surface area contributed by atoms with Gasteiger partial charge in [-0.15, -0.1) is 0 Å². The molecule has 5 heteroatoms. The molecule has 2 aliphatic heterocycles. The quantitative estimate of drug-likeness (QED) is 0.904. The molecular formula is C18H27N3O2. The molecule has 5 nitrogen and oxygen atoms in total. The Bertz CT molecular complexity index is 480. The first-order valence-corrected chi connectivity index (χ1v) is 8.84. The molecule has 2 aliphatic rings. The molecule has 0 bridgehead atoms. The highest BCUT2D eigenvalue weighted by molar-refractivity contribution is 5.77. The summed E-state index contributed by atoms with van der Waals surface area (Å²) in [6.07, 6.45) is 7.71. The van der Waals surface area contributed by atoms with Crippen LogP contribution >= 0.6 is 0 Å². The molecule has 1 N–H and O–H groups in total. The topological polar surface area (TPSA) is 54.5 Å². The van der Waals surface area contributed by atoms with Crippen LogP contribution in [0.2, 0.25) is 0 Å². The molecular weight excluding hydrogens is 290 g/mol. The largest absolute Gasteiger partial charge is 0.378 e. The third-order valence-electron chi connectivity index (χ3n) is 4.79. The van der Waals surface area contributed by atoms with Gasteiger partial charge in [-0.1, -0.05) is 6.07 Å². The maximum atomic E-state index is 12.9. The summed E-state index contributed by atoms with van der Waals surface area (Å²) in [4.78, 5) is 19.4. The van der Waals surface area contributed by atoms with Gasteiger partial charge in [0.15, 0.2) is 0 Å². The number of hydrogen-bond donors (Lipinski definition) is 1. The summed E-state index contributed by atoms with van der Waals surface area (Å²) in [5.41, 5.74) is 0.963. The zero-order chi connectivity index (χ0) is 15.9. The molecule has 1 aromatic heterocycles. The van der Waals surface area contributed by atoms with Crippen molar-refractivity contribution in [3.05, 3.63) is 30.1 Å². The van der Waals surface area contributed by atoms with Crippen LogP contribution in [0.5, 0.6) is 0 Å². The maximum absolute atomic E-state index is 12.9. The molecule has 2 saturated heterocycles. The van der Waals surface area contributed by atoms with Crippen LogP contribution in [-0.2, 0) is 16.1 Å². The standard InChI is InChI=1S/C18H27N3O2/c22-18(13-17-7-4-12-23-17)21(14-15-5-1-2-10-20-15)16-6-3-9-19-11-8-16/h1-2,5,10,16-17,19H,3-4,6-9,11-14H2. The van der Waals surface area contributed by atoms with Crippen molar-refractivity contribution in [2.24, 2.45) is 0 Å². The third kappa shape index (κ3) is 4.75. The summed E-state index contributed by atoms with van der Waals surface area (Å²) >= 11 is 0. The van der Waals surface area contributed by atoms with Gasteiger partial charge < -0.3 is 15.0 Å². The van der Waals surface area contributed by atoms with Crippen LogP contribution in [0.15, 0.2) is 24.4 Å². The van der Waals surface area contributed by atoms with Crippen LogP contribution < -0.4 is 5.32 Å². The molecule has 3 heterocycles. The van der Waals surface area contributed by atoms with E-state index in [0.717, 1.165) is 57.5 Å². The lowest BCUT2D eigenvalue weighted by Crippen LogP contribution is -2.41. The second-order valence-electron chi connectivity index (χ2n) is 6.52. The summed E-state index contributed by atoms with van der Waals surface area (Å²) in [6, 6.07) is 6.21. The zero-order valence-electron chi connectivity index (χ0n) is 13.7. The number of amides is 1. The van der Waals surface area contributed by atoms with Crippen LogP contribution in [0, 0.1) is 0 Å².